The van der Waals surface area contributed by atoms with Crippen LogP contribution >= 0.6 is 0 Å². The number of hydrogen-bond donors (Lipinski definition) is 2. The second-order valence-corrected chi connectivity index (χ2v) is 7.43. The van der Waals surface area contributed by atoms with Gasteiger partial charge in [-0.15, -0.1) is 0 Å². The Morgan fingerprint density at radius 1 is 1.15 bits per heavy atom. The number of likely N-dealkylation sites (tertiary alicyclic amines) is 1. The minimum absolute atomic E-state index is 0.0975. The highest BCUT2D eigenvalue weighted by Crippen LogP contribution is 2.35. The summed E-state index contributed by atoms with van der Waals surface area (Å²) >= 11 is 0. The van der Waals surface area contributed by atoms with Gasteiger partial charge in [-0.3, -0.25) is 4.79 Å². The summed E-state index contributed by atoms with van der Waals surface area (Å²) < 4.78 is 0. The zero-order chi connectivity index (χ0) is 15.0. The highest BCUT2D eigenvalue weighted by atomic mass is 16.4. The summed E-state index contributed by atoms with van der Waals surface area (Å²) in [5.41, 5.74) is -0.400. The number of carboxylic acid groups (broad SMARTS) is 1. The standard InChI is InChI=1S/C15H26N2O3/c1-14(2)6-4-11(5-7-14)16-13(20)17-9-8-15(3,10-17)12(18)19/h11H,4-10H2,1-3H3,(H,16,20)(H,18,19). The van der Waals surface area contributed by atoms with Gasteiger partial charge in [-0.05, 0) is 44.4 Å². The van der Waals surface area contributed by atoms with Crippen LogP contribution in [0.25, 0.3) is 0 Å². The van der Waals surface area contributed by atoms with Crippen molar-refractivity contribution in [3.63, 3.8) is 0 Å². The third-order valence-electron chi connectivity index (χ3n) is 4.94. The number of urea groups is 1. The van der Waals surface area contributed by atoms with E-state index in [0.717, 1.165) is 25.7 Å². The van der Waals surface area contributed by atoms with Crippen LogP contribution in [0.5, 0.6) is 0 Å². The fourth-order valence-corrected chi connectivity index (χ4v) is 3.12. The number of carbonyl (C=O) groups excluding carboxylic acids is 1. The summed E-state index contributed by atoms with van der Waals surface area (Å²) in [6.45, 7) is 7.10. The zero-order valence-electron chi connectivity index (χ0n) is 12.7. The predicted octanol–water partition coefficient (Wildman–Crippen LogP) is 2.46. The van der Waals surface area contributed by atoms with Crippen molar-refractivity contribution in [2.24, 2.45) is 10.8 Å². The molecule has 1 heterocycles. The molecule has 0 aromatic carbocycles. The smallest absolute Gasteiger partial charge is 0.317 e. The van der Waals surface area contributed by atoms with E-state index < -0.39 is 11.4 Å². The molecular weight excluding hydrogens is 256 g/mol. The summed E-state index contributed by atoms with van der Waals surface area (Å²) in [5.74, 6) is -0.813. The van der Waals surface area contributed by atoms with Gasteiger partial charge >= 0.3 is 12.0 Å². The Hall–Kier alpha value is -1.26. The molecule has 1 aliphatic heterocycles. The number of carbonyl (C=O) groups is 2. The van der Waals surface area contributed by atoms with Crippen molar-refractivity contribution in [1.29, 1.82) is 0 Å². The topological polar surface area (TPSA) is 69.6 Å². The van der Waals surface area contributed by atoms with Crippen LogP contribution in [0.1, 0.15) is 52.9 Å². The lowest BCUT2D eigenvalue weighted by Crippen LogP contribution is -2.46. The molecule has 1 saturated carbocycles. The average molecular weight is 282 g/mol. The second-order valence-electron chi connectivity index (χ2n) is 7.43. The average Bonchev–Trinajstić information content (AvgIpc) is 2.76. The van der Waals surface area contributed by atoms with Gasteiger partial charge in [0.25, 0.3) is 0 Å². The van der Waals surface area contributed by atoms with E-state index >= 15 is 0 Å². The van der Waals surface area contributed by atoms with E-state index in [9.17, 15) is 14.7 Å². The summed E-state index contributed by atoms with van der Waals surface area (Å²) in [7, 11) is 0. The van der Waals surface area contributed by atoms with Crippen molar-refractivity contribution in [3.05, 3.63) is 0 Å². The first-order chi connectivity index (χ1) is 9.22. The Balaban J connectivity index is 1.83. The molecule has 0 spiro atoms. The quantitative estimate of drug-likeness (QED) is 0.817. The highest BCUT2D eigenvalue weighted by Gasteiger charge is 2.42. The van der Waals surface area contributed by atoms with E-state index in [4.69, 9.17) is 0 Å². The van der Waals surface area contributed by atoms with E-state index in [1.54, 1.807) is 11.8 Å². The lowest BCUT2D eigenvalue weighted by molar-refractivity contribution is -0.147. The van der Waals surface area contributed by atoms with Crippen molar-refractivity contribution in [2.75, 3.05) is 13.1 Å². The van der Waals surface area contributed by atoms with Crippen LogP contribution in [-0.2, 0) is 4.79 Å². The third-order valence-corrected chi connectivity index (χ3v) is 4.94. The largest absolute Gasteiger partial charge is 0.481 e. The molecule has 1 aliphatic carbocycles. The summed E-state index contributed by atoms with van der Waals surface area (Å²) in [5, 5.41) is 12.3. The van der Waals surface area contributed by atoms with Gasteiger partial charge in [0.2, 0.25) is 0 Å². The van der Waals surface area contributed by atoms with E-state index in [1.165, 1.54) is 0 Å². The van der Waals surface area contributed by atoms with Gasteiger partial charge in [-0.2, -0.15) is 0 Å². The molecule has 2 amide bonds. The molecule has 2 fully saturated rings. The summed E-state index contributed by atoms with van der Waals surface area (Å²) in [6.07, 6.45) is 4.83. The molecule has 1 atom stereocenters. The number of nitrogens with zero attached hydrogens (tertiary/aromatic N) is 1. The van der Waals surface area contributed by atoms with Crippen molar-refractivity contribution in [2.45, 2.75) is 58.9 Å². The van der Waals surface area contributed by atoms with Crippen molar-refractivity contribution >= 4 is 12.0 Å². The van der Waals surface area contributed by atoms with Gasteiger partial charge in [0, 0.05) is 19.1 Å². The lowest BCUT2D eigenvalue weighted by atomic mass is 9.75. The van der Waals surface area contributed by atoms with Crippen LogP contribution in [0.15, 0.2) is 0 Å². The molecule has 2 aliphatic rings. The van der Waals surface area contributed by atoms with Crippen molar-refractivity contribution < 1.29 is 14.7 Å². The molecule has 1 unspecified atom stereocenters. The Labute approximate surface area is 120 Å². The molecule has 0 radical (unpaired) electrons. The van der Waals surface area contributed by atoms with Gasteiger partial charge < -0.3 is 15.3 Å². The van der Waals surface area contributed by atoms with Gasteiger partial charge in [-0.25, -0.2) is 4.79 Å². The summed E-state index contributed by atoms with van der Waals surface area (Å²) in [6, 6.07) is 0.145. The fraction of sp³-hybridized carbons (Fsp3) is 0.867. The maximum Gasteiger partial charge on any atom is 0.317 e. The molecule has 0 bridgehead atoms. The number of carboxylic acids is 1. The first-order valence-electron chi connectivity index (χ1n) is 7.51. The monoisotopic (exact) mass is 282 g/mol. The number of amides is 2. The first-order valence-corrected chi connectivity index (χ1v) is 7.51. The van der Waals surface area contributed by atoms with Gasteiger partial charge in [0.1, 0.15) is 0 Å². The van der Waals surface area contributed by atoms with Crippen molar-refractivity contribution in [3.8, 4) is 0 Å². The maximum absolute atomic E-state index is 12.2. The fourth-order valence-electron chi connectivity index (χ4n) is 3.12. The van der Waals surface area contributed by atoms with Crippen LogP contribution in [0.4, 0.5) is 4.79 Å². The Morgan fingerprint density at radius 2 is 1.75 bits per heavy atom. The van der Waals surface area contributed by atoms with Crippen LogP contribution in [0, 0.1) is 10.8 Å². The molecule has 0 aromatic heterocycles. The molecule has 2 rings (SSSR count). The van der Waals surface area contributed by atoms with Crippen molar-refractivity contribution in [1.82, 2.24) is 10.2 Å². The molecule has 0 aromatic rings. The Bertz CT molecular complexity index is 398. The van der Waals surface area contributed by atoms with Gasteiger partial charge in [0.05, 0.1) is 5.41 Å². The SMILES string of the molecule is CC1(C)CCC(NC(=O)N2CCC(C)(C(=O)O)C2)CC1. The Kier molecular flexibility index (Phi) is 3.98. The Morgan fingerprint density at radius 3 is 2.25 bits per heavy atom. The number of aliphatic carboxylic acids is 1. The van der Waals surface area contributed by atoms with Gasteiger partial charge in [-0.1, -0.05) is 13.8 Å². The highest BCUT2D eigenvalue weighted by molar-refractivity contribution is 5.79. The van der Waals surface area contributed by atoms with Crippen LogP contribution in [-0.4, -0.2) is 41.1 Å². The minimum atomic E-state index is -0.813. The molecular formula is C15H26N2O3. The lowest BCUT2D eigenvalue weighted by Gasteiger charge is -2.35. The molecule has 20 heavy (non-hydrogen) atoms. The normalized spacial score (nSPS) is 30.2. The van der Waals surface area contributed by atoms with E-state index in [0.29, 0.717) is 24.9 Å². The maximum atomic E-state index is 12.2. The van der Waals surface area contributed by atoms with Gasteiger partial charge in [0.15, 0.2) is 0 Å². The minimum Gasteiger partial charge on any atom is -0.481 e. The molecule has 2 N–H and O–H groups in total. The van der Waals surface area contributed by atoms with E-state index in [1.807, 2.05) is 0 Å². The molecule has 5 heteroatoms. The molecule has 5 nitrogen and oxygen atoms in total. The second kappa shape index (κ2) is 5.26. The molecule has 1 saturated heterocycles. The molecule has 114 valence electrons. The predicted molar refractivity (Wildman–Crippen MR) is 76.5 cm³/mol. The van der Waals surface area contributed by atoms with Crippen LogP contribution in [0.2, 0.25) is 0 Å². The van der Waals surface area contributed by atoms with E-state index in [-0.39, 0.29) is 12.1 Å². The summed E-state index contributed by atoms with van der Waals surface area (Å²) in [4.78, 5) is 25.0. The zero-order valence-corrected chi connectivity index (χ0v) is 12.7. The number of hydrogen-bond acceptors (Lipinski definition) is 2. The number of rotatable bonds is 2. The third kappa shape index (κ3) is 3.25. The van der Waals surface area contributed by atoms with E-state index in [2.05, 4.69) is 19.2 Å². The van der Waals surface area contributed by atoms with Crippen LogP contribution in [0.3, 0.4) is 0 Å². The first kappa shape index (κ1) is 15.1. The van der Waals surface area contributed by atoms with Crippen LogP contribution < -0.4 is 5.32 Å². The number of nitrogens with one attached hydrogen (secondary N) is 1.